The van der Waals surface area contributed by atoms with Gasteiger partial charge in [-0.2, -0.15) is 0 Å². The second-order valence-corrected chi connectivity index (χ2v) is 5.82. The Morgan fingerprint density at radius 2 is 2.11 bits per heavy atom. The molecule has 1 unspecified atom stereocenters. The van der Waals surface area contributed by atoms with Crippen LogP contribution in [-0.4, -0.2) is 42.5 Å². The van der Waals surface area contributed by atoms with E-state index in [-0.39, 0.29) is 11.9 Å². The summed E-state index contributed by atoms with van der Waals surface area (Å²) in [4.78, 5) is 13.9. The number of rotatable bonds is 10. The number of amides is 1. The highest BCUT2D eigenvalue weighted by atomic mass is 16.1. The third-order valence-electron chi connectivity index (χ3n) is 3.46. The van der Waals surface area contributed by atoms with Crippen LogP contribution in [-0.2, 0) is 4.79 Å². The molecule has 0 aromatic rings. The second kappa shape index (κ2) is 7.74. The molecule has 1 aliphatic rings. The second-order valence-electron chi connectivity index (χ2n) is 5.82. The molecule has 0 aromatic carbocycles. The molecule has 1 rings (SSSR count). The van der Waals surface area contributed by atoms with Gasteiger partial charge in [0.25, 0.3) is 0 Å². The van der Waals surface area contributed by atoms with Crippen molar-refractivity contribution in [1.82, 2.24) is 10.2 Å². The normalized spacial score (nSPS) is 17.4. The molecule has 0 heterocycles. The van der Waals surface area contributed by atoms with E-state index in [4.69, 9.17) is 5.73 Å². The monoisotopic (exact) mass is 255 g/mol. The summed E-state index contributed by atoms with van der Waals surface area (Å²) in [5.74, 6) is 0.487. The number of hydrogen-bond acceptors (Lipinski definition) is 3. The number of carbonyl (C=O) groups is 1. The molecule has 1 saturated carbocycles. The lowest BCUT2D eigenvalue weighted by Gasteiger charge is -2.27. The molecule has 1 aliphatic carbocycles. The molecule has 1 amide bonds. The van der Waals surface area contributed by atoms with Crippen LogP contribution in [0, 0.1) is 5.92 Å². The average Bonchev–Trinajstić information content (AvgIpc) is 3.11. The first-order valence-corrected chi connectivity index (χ1v) is 7.31. The van der Waals surface area contributed by atoms with Crippen LogP contribution in [0.15, 0.2) is 0 Å². The Morgan fingerprint density at radius 3 is 2.56 bits per heavy atom. The van der Waals surface area contributed by atoms with E-state index in [0.29, 0.717) is 12.0 Å². The van der Waals surface area contributed by atoms with E-state index in [1.165, 1.54) is 19.3 Å². The van der Waals surface area contributed by atoms with Crippen molar-refractivity contribution in [2.75, 3.05) is 19.6 Å². The summed E-state index contributed by atoms with van der Waals surface area (Å²) in [6.45, 7) is 9.30. The zero-order chi connectivity index (χ0) is 13.5. The number of nitrogens with zero attached hydrogens (tertiary/aromatic N) is 1. The van der Waals surface area contributed by atoms with Gasteiger partial charge < -0.3 is 11.1 Å². The number of hydrogen-bond donors (Lipinski definition) is 2. The van der Waals surface area contributed by atoms with E-state index in [2.05, 4.69) is 31.0 Å². The summed E-state index contributed by atoms with van der Waals surface area (Å²) in [6.07, 6.45) is 4.77. The van der Waals surface area contributed by atoms with Crippen molar-refractivity contribution in [2.24, 2.45) is 11.7 Å². The maximum Gasteiger partial charge on any atom is 0.235 e. The van der Waals surface area contributed by atoms with Crippen molar-refractivity contribution < 1.29 is 4.79 Å². The molecular weight excluding hydrogens is 226 g/mol. The predicted molar refractivity (Wildman–Crippen MR) is 75.3 cm³/mol. The van der Waals surface area contributed by atoms with Gasteiger partial charge in [0.05, 0.1) is 6.04 Å². The van der Waals surface area contributed by atoms with E-state index in [1.807, 2.05) is 0 Å². The lowest BCUT2D eigenvalue weighted by atomic mass is 10.1. The highest BCUT2D eigenvalue weighted by molar-refractivity contribution is 5.80. The Kier molecular flexibility index (Phi) is 6.65. The maximum atomic E-state index is 11.5. The zero-order valence-corrected chi connectivity index (χ0v) is 12.1. The van der Waals surface area contributed by atoms with E-state index in [9.17, 15) is 4.79 Å². The average molecular weight is 255 g/mol. The summed E-state index contributed by atoms with van der Waals surface area (Å²) in [5, 5.41) is 3.25. The lowest BCUT2D eigenvalue weighted by Crippen LogP contribution is -2.50. The largest absolute Gasteiger partial charge is 0.368 e. The van der Waals surface area contributed by atoms with Crippen LogP contribution >= 0.6 is 0 Å². The SMILES string of the molecule is CCCNC(CN(CCC(C)C)C1CC1)C(N)=O. The fraction of sp³-hybridized carbons (Fsp3) is 0.929. The van der Waals surface area contributed by atoms with Crippen LogP contribution in [0.1, 0.15) is 46.5 Å². The fourth-order valence-corrected chi connectivity index (χ4v) is 2.09. The van der Waals surface area contributed by atoms with Crippen molar-refractivity contribution in [3.63, 3.8) is 0 Å². The van der Waals surface area contributed by atoms with Crippen LogP contribution in [0.25, 0.3) is 0 Å². The molecule has 0 aliphatic heterocycles. The number of carbonyl (C=O) groups excluding carboxylic acids is 1. The molecule has 0 aromatic heterocycles. The Hall–Kier alpha value is -0.610. The highest BCUT2D eigenvalue weighted by Crippen LogP contribution is 2.27. The van der Waals surface area contributed by atoms with Crippen molar-refractivity contribution in [3.8, 4) is 0 Å². The Balaban J connectivity index is 2.43. The van der Waals surface area contributed by atoms with Gasteiger partial charge in [0.2, 0.25) is 5.91 Å². The number of nitrogens with one attached hydrogen (secondary N) is 1. The van der Waals surface area contributed by atoms with Gasteiger partial charge in [-0.05, 0) is 44.7 Å². The van der Waals surface area contributed by atoms with Gasteiger partial charge in [0, 0.05) is 12.6 Å². The van der Waals surface area contributed by atoms with Crippen LogP contribution in [0.2, 0.25) is 0 Å². The topological polar surface area (TPSA) is 58.4 Å². The van der Waals surface area contributed by atoms with Crippen molar-refractivity contribution >= 4 is 5.91 Å². The number of primary amides is 1. The summed E-state index contributed by atoms with van der Waals surface area (Å²) >= 11 is 0. The Bertz CT molecular complexity index is 251. The molecule has 4 nitrogen and oxygen atoms in total. The van der Waals surface area contributed by atoms with Crippen LogP contribution < -0.4 is 11.1 Å². The molecule has 3 N–H and O–H groups in total. The summed E-state index contributed by atoms with van der Waals surface area (Å²) in [6, 6.07) is 0.492. The van der Waals surface area contributed by atoms with Gasteiger partial charge in [-0.1, -0.05) is 20.8 Å². The van der Waals surface area contributed by atoms with Crippen molar-refractivity contribution in [1.29, 1.82) is 0 Å². The summed E-state index contributed by atoms with van der Waals surface area (Å²) in [7, 11) is 0. The summed E-state index contributed by atoms with van der Waals surface area (Å²) < 4.78 is 0. The third-order valence-corrected chi connectivity index (χ3v) is 3.46. The van der Waals surface area contributed by atoms with Crippen LogP contribution in [0.4, 0.5) is 0 Å². The first-order valence-electron chi connectivity index (χ1n) is 7.31. The zero-order valence-electron chi connectivity index (χ0n) is 12.1. The van der Waals surface area contributed by atoms with E-state index >= 15 is 0 Å². The molecule has 4 heteroatoms. The quantitative estimate of drug-likeness (QED) is 0.619. The smallest absolute Gasteiger partial charge is 0.235 e. The maximum absolute atomic E-state index is 11.5. The molecule has 1 fully saturated rings. The molecule has 0 saturated heterocycles. The molecular formula is C14H29N3O. The van der Waals surface area contributed by atoms with Crippen molar-refractivity contribution in [2.45, 2.75) is 58.5 Å². The van der Waals surface area contributed by atoms with E-state index < -0.39 is 0 Å². The fourth-order valence-electron chi connectivity index (χ4n) is 2.09. The minimum absolute atomic E-state index is 0.197. The Labute approximate surface area is 111 Å². The molecule has 0 spiro atoms. The van der Waals surface area contributed by atoms with Gasteiger partial charge in [-0.3, -0.25) is 9.69 Å². The Morgan fingerprint density at radius 1 is 1.44 bits per heavy atom. The third kappa shape index (κ3) is 5.83. The lowest BCUT2D eigenvalue weighted by molar-refractivity contribution is -0.120. The van der Waals surface area contributed by atoms with Gasteiger partial charge in [-0.25, -0.2) is 0 Å². The predicted octanol–water partition coefficient (Wildman–Crippen LogP) is 1.35. The van der Waals surface area contributed by atoms with E-state index in [0.717, 1.165) is 26.1 Å². The molecule has 0 bridgehead atoms. The first kappa shape index (κ1) is 15.4. The van der Waals surface area contributed by atoms with Gasteiger partial charge in [-0.15, -0.1) is 0 Å². The molecule has 0 radical (unpaired) electrons. The van der Waals surface area contributed by atoms with Gasteiger partial charge >= 0.3 is 0 Å². The minimum Gasteiger partial charge on any atom is -0.368 e. The molecule has 1 atom stereocenters. The van der Waals surface area contributed by atoms with Crippen LogP contribution in [0.3, 0.4) is 0 Å². The minimum atomic E-state index is -0.223. The standard InChI is InChI=1S/C14H29N3O/c1-4-8-16-13(14(15)18)10-17(12-5-6-12)9-7-11(2)3/h11-13,16H,4-10H2,1-3H3,(H2,15,18). The molecule has 18 heavy (non-hydrogen) atoms. The van der Waals surface area contributed by atoms with Gasteiger partial charge in [0.15, 0.2) is 0 Å². The van der Waals surface area contributed by atoms with E-state index in [1.54, 1.807) is 0 Å². The highest BCUT2D eigenvalue weighted by Gasteiger charge is 2.31. The van der Waals surface area contributed by atoms with Gasteiger partial charge in [0.1, 0.15) is 0 Å². The molecule has 106 valence electrons. The van der Waals surface area contributed by atoms with Crippen LogP contribution in [0.5, 0.6) is 0 Å². The number of nitrogens with two attached hydrogens (primary N) is 1. The summed E-state index contributed by atoms with van der Waals surface area (Å²) in [5.41, 5.74) is 5.47. The van der Waals surface area contributed by atoms with Crippen molar-refractivity contribution in [3.05, 3.63) is 0 Å². The first-order chi connectivity index (χ1) is 8.54.